The molecule has 1 heterocycles. The predicted molar refractivity (Wildman–Crippen MR) is 157 cm³/mol. The fourth-order valence-corrected chi connectivity index (χ4v) is 5.70. The van der Waals surface area contributed by atoms with Crippen LogP contribution in [0.25, 0.3) is 10.9 Å². The molecule has 0 aliphatic heterocycles. The number of fused-ring (bicyclic) bond motifs is 1. The van der Waals surface area contributed by atoms with Gasteiger partial charge in [-0.15, -0.1) is 0 Å². The maximum Gasteiger partial charge on any atom is 0.265 e. The Kier molecular flexibility index (Phi) is 9.26. The lowest BCUT2D eigenvalue weighted by atomic mass is 9.98. The first-order valence-corrected chi connectivity index (χ1v) is 14.9. The van der Waals surface area contributed by atoms with Crippen molar-refractivity contribution in [1.29, 1.82) is 0 Å². The van der Waals surface area contributed by atoms with E-state index in [0.717, 1.165) is 53.4 Å². The minimum Gasteiger partial charge on any atom is -0.496 e. The monoisotopic (exact) mass is 561 g/mol. The molecule has 0 aliphatic rings. The predicted octanol–water partition coefficient (Wildman–Crippen LogP) is 6.04. The number of aromatic amines is 1. The highest BCUT2D eigenvalue weighted by molar-refractivity contribution is 7.90. The fraction of sp³-hybridized carbons (Fsp3) is 0.290. The molecule has 3 aromatic carbocycles. The maximum atomic E-state index is 12.7. The quantitative estimate of drug-likeness (QED) is 0.195. The molecule has 0 radical (unpaired) electrons. The number of aromatic nitrogens is 1. The van der Waals surface area contributed by atoms with Crippen LogP contribution in [0, 0.1) is 5.92 Å². The van der Waals surface area contributed by atoms with Gasteiger partial charge in [0.1, 0.15) is 5.75 Å². The Morgan fingerprint density at radius 1 is 0.975 bits per heavy atom. The number of nitrogens with one attached hydrogen (secondary N) is 3. The summed E-state index contributed by atoms with van der Waals surface area (Å²) >= 11 is 0. The number of hydrogen-bond donors (Lipinski definition) is 3. The van der Waals surface area contributed by atoms with Crippen LogP contribution in [0.4, 0.5) is 5.69 Å². The number of sulfonamides is 1. The topological polar surface area (TPSA) is 117 Å². The largest absolute Gasteiger partial charge is 0.496 e. The summed E-state index contributed by atoms with van der Waals surface area (Å²) in [5.74, 6) is -0.214. The first kappa shape index (κ1) is 28.9. The molecule has 0 aliphatic carbocycles. The third-order valence-corrected chi connectivity index (χ3v) is 8.36. The van der Waals surface area contributed by atoms with Crippen LogP contribution < -0.4 is 14.8 Å². The highest BCUT2D eigenvalue weighted by Gasteiger charge is 2.20. The Hall–Kier alpha value is -4.11. The molecule has 0 spiro atoms. The molecule has 1 aromatic heterocycles. The van der Waals surface area contributed by atoms with Crippen molar-refractivity contribution >= 4 is 38.4 Å². The average molecular weight is 562 g/mol. The number of hydrogen-bond acceptors (Lipinski definition) is 5. The third kappa shape index (κ3) is 6.71. The average Bonchev–Trinajstić information content (AvgIpc) is 3.35. The van der Waals surface area contributed by atoms with Crippen LogP contribution in [-0.4, -0.2) is 32.3 Å². The van der Waals surface area contributed by atoms with Crippen molar-refractivity contribution in [2.75, 3.05) is 12.4 Å². The molecule has 1 atom stereocenters. The molecule has 4 aromatic rings. The maximum absolute atomic E-state index is 12.7. The van der Waals surface area contributed by atoms with Gasteiger partial charge in [0.25, 0.3) is 15.9 Å². The number of unbranched alkanes of at least 4 members (excludes halogenated alkanes) is 1. The number of amides is 2. The fourth-order valence-electron chi connectivity index (χ4n) is 4.70. The van der Waals surface area contributed by atoms with Gasteiger partial charge in [-0.25, -0.2) is 13.1 Å². The van der Waals surface area contributed by atoms with E-state index in [1.54, 1.807) is 30.3 Å². The number of rotatable bonds is 12. The molecule has 2 amide bonds. The molecule has 210 valence electrons. The Balaban J connectivity index is 1.49. The molecular weight excluding hydrogens is 526 g/mol. The Morgan fingerprint density at radius 3 is 2.45 bits per heavy atom. The van der Waals surface area contributed by atoms with Gasteiger partial charge in [-0.05, 0) is 60.4 Å². The number of carbonyl (C=O) groups excluding carboxylic acids is 2. The summed E-state index contributed by atoms with van der Waals surface area (Å²) in [7, 11) is -2.49. The summed E-state index contributed by atoms with van der Waals surface area (Å²) in [5, 5.41) is 4.06. The minimum atomic E-state index is -4.00. The van der Waals surface area contributed by atoms with E-state index in [4.69, 9.17) is 4.74 Å². The standard InChI is InChI=1S/C31H35N3O5S/c1-4-6-10-21(5-2)30(35)33-25-15-16-27-24(20-32-28(27)19-25)17-22-13-14-23(18-29(22)39-3)31(36)34-40(37,38)26-11-8-7-9-12-26/h7-9,11-16,18-21,32H,4-6,10,17H2,1-3H3,(H,33,35)(H,34,36). The number of methoxy groups -OCH3 is 1. The van der Waals surface area contributed by atoms with Crippen molar-refractivity contribution in [2.24, 2.45) is 5.92 Å². The van der Waals surface area contributed by atoms with Gasteiger partial charge < -0.3 is 15.0 Å². The van der Waals surface area contributed by atoms with Crippen LogP contribution in [0.15, 0.2) is 77.8 Å². The minimum absolute atomic E-state index is 0.00538. The Bertz CT molecular complexity index is 1600. The number of anilines is 1. The molecule has 8 nitrogen and oxygen atoms in total. The molecule has 3 N–H and O–H groups in total. The van der Waals surface area contributed by atoms with Crippen LogP contribution in [0.1, 0.15) is 61.0 Å². The van der Waals surface area contributed by atoms with Crippen LogP contribution in [-0.2, 0) is 21.2 Å². The van der Waals surface area contributed by atoms with Gasteiger partial charge in [-0.2, -0.15) is 0 Å². The first-order valence-electron chi connectivity index (χ1n) is 13.5. The van der Waals surface area contributed by atoms with E-state index in [-0.39, 0.29) is 22.3 Å². The molecule has 0 saturated heterocycles. The molecule has 40 heavy (non-hydrogen) atoms. The van der Waals surface area contributed by atoms with Gasteiger partial charge in [0.05, 0.1) is 12.0 Å². The highest BCUT2D eigenvalue weighted by atomic mass is 32.2. The number of benzene rings is 3. The molecule has 0 bridgehead atoms. The zero-order valence-electron chi connectivity index (χ0n) is 23.0. The van der Waals surface area contributed by atoms with Crippen LogP contribution in [0.3, 0.4) is 0 Å². The zero-order valence-corrected chi connectivity index (χ0v) is 23.8. The van der Waals surface area contributed by atoms with Gasteiger partial charge in [-0.3, -0.25) is 9.59 Å². The number of carbonyl (C=O) groups is 2. The summed E-state index contributed by atoms with van der Waals surface area (Å²) in [5.41, 5.74) is 3.67. The van der Waals surface area contributed by atoms with Gasteiger partial charge >= 0.3 is 0 Å². The van der Waals surface area contributed by atoms with Crippen molar-refractivity contribution in [2.45, 2.75) is 50.8 Å². The van der Waals surface area contributed by atoms with E-state index in [9.17, 15) is 18.0 Å². The lowest BCUT2D eigenvalue weighted by Crippen LogP contribution is -2.30. The van der Waals surface area contributed by atoms with Crippen molar-refractivity contribution in [3.05, 3.63) is 89.6 Å². The SMILES string of the molecule is CCCCC(CC)C(=O)Nc1ccc2c(Cc3ccc(C(=O)NS(=O)(=O)c4ccccc4)cc3OC)c[nH]c2c1. The van der Waals surface area contributed by atoms with Gasteiger partial charge in [0.2, 0.25) is 5.91 Å². The second-order valence-electron chi connectivity index (χ2n) is 9.76. The van der Waals surface area contributed by atoms with Crippen LogP contribution in [0.5, 0.6) is 5.75 Å². The highest BCUT2D eigenvalue weighted by Crippen LogP contribution is 2.29. The second-order valence-corrected chi connectivity index (χ2v) is 11.4. The molecule has 0 saturated carbocycles. The zero-order chi connectivity index (χ0) is 28.7. The Morgan fingerprint density at radius 2 is 1.75 bits per heavy atom. The van der Waals surface area contributed by atoms with Gasteiger partial charge in [-0.1, -0.05) is 57.0 Å². The first-order chi connectivity index (χ1) is 19.2. The van der Waals surface area contributed by atoms with Crippen molar-refractivity contribution < 1.29 is 22.7 Å². The number of ether oxygens (including phenoxy) is 1. The normalized spacial score (nSPS) is 12.2. The van der Waals surface area contributed by atoms with Crippen molar-refractivity contribution in [3.63, 3.8) is 0 Å². The van der Waals surface area contributed by atoms with E-state index < -0.39 is 15.9 Å². The van der Waals surface area contributed by atoms with Gasteiger partial charge in [0, 0.05) is 40.7 Å². The summed E-state index contributed by atoms with van der Waals surface area (Å²) in [4.78, 5) is 28.8. The molecule has 0 fully saturated rings. The van der Waals surface area contributed by atoms with Crippen molar-refractivity contribution in [1.82, 2.24) is 9.71 Å². The summed E-state index contributed by atoms with van der Waals surface area (Å²) < 4.78 is 32.8. The lowest BCUT2D eigenvalue weighted by Gasteiger charge is -2.14. The van der Waals surface area contributed by atoms with E-state index in [2.05, 4.69) is 21.9 Å². The van der Waals surface area contributed by atoms with Crippen LogP contribution in [0.2, 0.25) is 0 Å². The summed E-state index contributed by atoms with van der Waals surface area (Å²) in [6.07, 6.45) is 6.24. The molecule has 4 rings (SSSR count). The van der Waals surface area contributed by atoms with E-state index in [0.29, 0.717) is 12.2 Å². The summed E-state index contributed by atoms with van der Waals surface area (Å²) in [6.45, 7) is 4.17. The molecule has 1 unspecified atom stereocenters. The van der Waals surface area contributed by atoms with Crippen LogP contribution >= 0.6 is 0 Å². The molecule has 9 heteroatoms. The van der Waals surface area contributed by atoms with Crippen molar-refractivity contribution in [3.8, 4) is 5.75 Å². The Labute approximate surface area is 235 Å². The van der Waals surface area contributed by atoms with Gasteiger partial charge in [0.15, 0.2) is 0 Å². The lowest BCUT2D eigenvalue weighted by molar-refractivity contribution is -0.120. The smallest absolute Gasteiger partial charge is 0.265 e. The molecular formula is C31H35N3O5S. The second kappa shape index (κ2) is 12.8. The van der Waals surface area contributed by atoms with E-state index in [1.807, 2.05) is 31.3 Å². The number of H-pyrrole nitrogens is 1. The third-order valence-electron chi connectivity index (χ3n) is 7.02. The summed E-state index contributed by atoms with van der Waals surface area (Å²) in [6, 6.07) is 18.4. The van der Waals surface area contributed by atoms with E-state index >= 15 is 0 Å². The van der Waals surface area contributed by atoms with E-state index in [1.165, 1.54) is 25.3 Å².